The summed E-state index contributed by atoms with van der Waals surface area (Å²) in [5.41, 5.74) is 2.10. The number of carbonyl (C=O) groups excluding carboxylic acids is 1. The van der Waals surface area contributed by atoms with Crippen molar-refractivity contribution >= 4 is 16.8 Å². The van der Waals surface area contributed by atoms with Crippen LogP contribution in [-0.4, -0.2) is 24.0 Å². The van der Waals surface area contributed by atoms with Crippen LogP contribution < -0.4 is 10.6 Å². The van der Waals surface area contributed by atoms with E-state index >= 15 is 0 Å². The molecule has 2 aromatic rings. The molecule has 1 atom stereocenters. The maximum Gasteiger partial charge on any atom is 0.241 e. The minimum Gasteiger partial charge on any atom is -0.361 e. The van der Waals surface area contributed by atoms with Crippen LogP contribution in [0, 0.1) is 0 Å². The topological polar surface area (TPSA) is 56.9 Å². The first-order valence-electron chi connectivity index (χ1n) is 5.93. The smallest absolute Gasteiger partial charge is 0.241 e. The average Bonchev–Trinajstić information content (AvgIpc) is 2.66. The van der Waals surface area contributed by atoms with Crippen molar-refractivity contribution < 1.29 is 4.79 Å². The maximum atomic E-state index is 12.0. The third-order valence-corrected chi connectivity index (χ3v) is 3.20. The van der Waals surface area contributed by atoms with E-state index < -0.39 is 0 Å². The molecule has 0 saturated carbocycles. The molecule has 2 heterocycles. The molecule has 1 fully saturated rings. The molecule has 3 N–H and O–H groups in total. The molecular formula is C13H15N3O. The molecule has 0 radical (unpaired) electrons. The van der Waals surface area contributed by atoms with Crippen molar-refractivity contribution in [2.24, 2.45) is 0 Å². The fourth-order valence-electron chi connectivity index (χ4n) is 2.33. The first kappa shape index (κ1) is 10.4. The number of benzene rings is 1. The number of aromatic nitrogens is 1. The lowest BCUT2D eigenvalue weighted by molar-refractivity contribution is -0.122. The van der Waals surface area contributed by atoms with Crippen molar-refractivity contribution in [3.05, 3.63) is 36.0 Å². The van der Waals surface area contributed by atoms with Crippen LogP contribution in [-0.2, 0) is 4.79 Å². The van der Waals surface area contributed by atoms with Crippen molar-refractivity contribution in [1.82, 2.24) is 15.6 Å². The Morgan fingerprint density at radius 1 is 1.18 bits per heavy atom. The number of amides is 1. The van der Waals surface area contributed by atoms with Gasteiger partial charge in [0.15, 0.2) is 0 Å². The minimum atomic E-state index is -0.242. The van der Waals surface area contributed by atoms with E-state index in [0.29, 0.717) is 0 Å². The Kier molecular flexibility index (Phi) is 2.57. The highest BCUT2D eigenvalue weighted by molar-refractivity contribution is 5.91. The lowest BCUT2D eigenvalue weighted by Crippen LogP contribution is -2.33. The summed E-state index contributed by atoms with van der Waals surface area (Å²) in [6.45, 7) is 1.62. The zero-order valence-corrected chi connectivity index (χ0v) is 9.49. The highest BCUT2D eigenvalue weighted by Gasteiger charge is 2.24. The zero-order chi connectivity index (χ0) is 11.7. The molecule has 0 spiro atoms. The summed E-state index contributed by atoms with van der Waals surface area (Å²) in [5.74, 6) is 0.0623. The highest BCUT2D eigenvalue weighted by Crippen LogP contribution is 2.24. The molecule has 1 aromatic carbocycles. The predicted molar refractivity (Wildman–Crippen MR) is 66.7 cm³/mol. The largest absolute Gasteiger partial charge is 0.361 e. The Morgan fingerprint density at radius 2 is 2.06 bits per heavy atom. The van der Waals surface area contributed by atoms with Gasteiger partial charge in [-0.2, -0.15) is 0 Å². The number of fused-ring (bicyclic) bond motifs is 1. The Balaban J connectivity index is 2.04. The fraction of sp³-hybridized carbons (Fsp3) is 0.308. The van der Waals surface area contributed by atoms with Crippen LogP contribution in [0.5, 0.6) is 0 Å². The van der Waals surface area contributed by atoms with E-state index in [1.807, 2.05) is 30.5 Å². The highest BCUT2D eigenvalue weighted by atomic mass is 16.2. The first-order chi connectivity index (χ1) is 8.36. The number of hydrogen-bond acceptors (Lipinski definition) is 2. The number of para-hydroxylation sites is 1. The van der Waals surface area contributed by atoms with E-state index in [1.54, 1.807) is 0 Å². The summed E-state index contributed by atoms with van der Waals surface area (Å²) < 4.78 is 0. The number of hydrogen-bond donors (Lipinski definition) is 3. The summed E-state index contributed by atoms with van der Waals surface area (Å²) in [4.78, 5) is 15.2. The summed E-state index contributed by atoms with van der Waals surface area (Å²) in [6.07, 6.45) is 2.90. The van der Waals surface area contributed by atoms with Gasteiger partial charge in [-0.15, -0.1) is 0 Å². The third kappa shape index (κ3) is 1.80. The second-order valence-corrected chi connectivity index (χ2v) is 4.32. The van der Waals surface area contributed by atoms with Gasteiger partial charge in [-0.1, -0.05) is 18.2 Å². The van der Waals surface area contributed by atoms with Crippen LogP contribution in [0.25, 0.3) is 10.9 Å². The summed E-state index contributed by atoms with van der Waals surface area (Å²) >= 11 is 0. The molecule has 1 unspecified atom stereocenters. The fourth-order valence-corrected chi connectivity index (χ4v) is 2.33. The van der Waals surface area contributed by atoms with Crippen LogP contribution >= 0.6 is 0 Å². The molecule has 1 aliphatic heterocycles. The number of rotatable bonds is 1. The van der Waals surface area contributed by atoms with Gasteiger partial charge in [0.1, 0.15) is 6.04 Å². The molecule has 1 aliphatic rings. The number of H-pyrrole nitrogens is 1. The summed E-state index contributed by atoms with van der Waals surface area (Å²) in [7, 11) is 0. The molecule has 0 aliphatic carbocycles. The van der Waals surface area contributed by atoms with Crippen molar-refractivity contribution in [3.8, 4) is 0 Å². The molecule has 88 valence electrons. The Bertz CT molecular complexity index is 546. The second kappa shape index (κ2) is 4.22. The van der Waals surface area contributed by atoms with Crippen LogP contribution in [0.3, 0.4) is 0 Å². The molecular weight excluding hydrogens is 214 g/mol. The maximum absolute atomic E-state index is 12.0. The SMILES string of the molecule is O=C1NCCCNC1c1c[nH]c2ccccc12. The van der Waals surface area contributed by atoms with E-state index in [4.69, 9.17) is 0 Å². The van der Waals surface area contributed by atoms with Gasteiger partial charge in [0.2, 0.25) is 5.91 Å². The van der Waals surface area contributed by atoms with Gasteiger partial charge < -0.3 is 15.6 Å². The Labute approximate surface area is 99.4 Å². The lowest BCUT2D eigenvalue weighted by Gasteiger charge is -2.13. The minimum absolute atomic E-state index is 0.0623. The summed E-state index contributed by atoms with van der Waals surface area (Å²) in [6, 6.07) is 7.81. The van der Waals surface area contributed by atoms with Crippen LogP contribution in [0.1, 0.15) is 18.0 Å². The standard InChI is InChI=1S/C13H15N3O/c17-13-12(14-6-3-7-15-13)10-8-16-11-5-2-1-4-9(10)11/h1-2,4-5,8,12,14,16H,3,6-7H2,(H,15,17). The van der Waals surface area contributed by atoms with Crippen molar-refractivity contribution in [1.29, 1.82) is 0 Å². The molecule has 1 amide bonds. The van der Waals surface area contributed by atoms with Crippen LogP contribution in [0.4, 0.5) is 0 Å². The molecule has 1 saturated heterocycles. The van der Waals surface area contributed by atoms with Gasteiger partial charge in [-0.05, 0) is 19.0 Å². The van der Waals surface area contributed by atoms with Gasteiger partial charge in [0.25, 0.3) is 0 Å². The van der Waals surface area contributed by atoms with Gasteiger partial charge in [-0.25, -0.2) is 0 Å². The van der Waals surface area contributed by atoms with E-state index in [9.17, 15) is 4.79 Å². The molecule has 1 aromatic heterocycles. The quantitative estimate of drug-likeness (QED) is 0.690. The lowest BCUT2D eigenvalue weighted by atomic mass is 10.1. The van der Waals surface area contributed by atoms with E-state index in [1.165, 1.54) is 0 Å². The number of carbonyl (C=O) groups is 1. The van der Waals surface area contributed by atoms with Crippen molar-refractivity contribution in [3.63, 3.8) is 0 Å². The molecule has 3 rings (SSSR count). The third-order valence-electron chi connectivity index (χ3n) is 3.20. The van der Waals surface area contributed by atoms with Crippen molar-refractivity contribution in [2.75, 3.05) is 13.1 Å². The average molecular weight is 229 g/mol. The van der Waals surface area contributed by atoms with Crippen LogP contribution in [0.2, 0.25) is 0 Å². The Hall–Kier alpha value is -1.81. The monoisotopic (exact) mass is 229 g/mol. The van der Waals surface area contributed by atoms with E-state index in [0.717, 1.165) is 36.0 Å². The molecule has 4 nitrogen and oxygen atoms in total. The van der Waals surface area contributed by atoms with E-state index in [-0.39, 0.29) is 11.9 Å². The van der Waals surface area contributed by atoms with Crippen molar-refractivity contribution in [2.45, 2.75) is 12.5 Å². The van der Waals surface area contributed by atoms with Gasteiger partial charge in [0, 0.05) is 29.2 Å². The van der Waals surface area contributed by atoms with E-state index in [2.05, 4.69) is 15.6 Å². The zero-order valence-electron chi connectivity index (χ0n) is 9.49. The van der Waals surface area contributed by atoms with Gasteiger partial charge >= 0.3 is 0 Å². The van der Waals surface area contributed by atoms with Gasteiger partial charge in [-0.3, -0.25) is 4.79 Å². The molecule has 17 heavy (non-hydrogen) atoms. The summed E-state index contributed by atoms with van der Waals surface area (Å²) in [5, 5.41) is 7.34. The normalized spacial score (nSPS) is 21.2. The molecule has 0 bridgehead atoms. The number of nitrogens with one attached hydrogen (secondary N) is 3. The van der Waals surface area contributed by atoms with Gasteiger partial charge in [0.05, 0.1) is 0 Å². The molecule has 4 heteroatoms. The first-order valence-corrected chi connectivity index (χ1v) is 5.93. The number of aromatic amines is 1. The Morgan fingerprint density at radius 3 is 3.00 bits per heavy atom. The van der Waals surface area contributed by atoms with Crippen LogP contribution in [0.15, 0.2) is 30.5 Å². The predicted octanol–water partition coefficient (Wildman–Crippen LogP) is 1.32. The second-order valence-electron chi connectivity index (χ2n) is 4.32.